The maximum Gasteiger partial charge on any atom is 0.470 e. The van der Waals surface area contributed by atoms with Crippen molar-refractivity contribution in [2.45, 2.75) is 0 Å². The van der Waals surface area contributed by atoms with Gasteiger partial charge in [-0.05, 0) is 0 Å². The Bertz CT molecular complexity index is 28.0. The third-order valence-corrected chi connectivity index (χ3v) is 2.42. The summed E-state index contributed by atoms with van der Waals surface area (Å²) >= 11 is 0. The first-order chi connectivity index (χ1) is 2.81. The maximum atomic E-state index is 8.40. The minimum atomic E-state index is -2.10. The van der Waals surface area contributed by atoms with Crippen LogP contribution in [0.15, 0.2) is 0 Å². The Morgan fingerprint density at radius 2 is 2.33 bits per heavy atom. The van der Waals surface area contributed by atoms with Gasteiger partial charge in [0.25, 0.3) is 0 Å². The molecule has 0 fully saturated rings. The summed E-state index contributed by atoms with van der Waals surface area (Å²) in [7, 11) is -0.0903. The molecule has 1 N–H and O–H groups in total. The Balaban J connectivity index is 2.75. The summed E-state index contributed by atoms with van der Waals surface area (Å²) in [5.41, 5.74) is 0. The lowest BCUT2D eigenvalue weighted by Crippen LogP contribution is -2.18. The largest absolute Gasteiger partial charge is 0.470 e. The van der Waals surface area contributed by atoms with Crippen molar-refractivity contribution < 1.29 is 13.3 Å². The van der Waals surface area contributed by atoms with Crippen molar-refractivity contribution in [3.8, 4) is 0 Å². The van der Waals surface area contributed by atoms with Crippen LogP contribution < -0.4 is 0 Å². The Kier molecular flexibility index (Phi) is 3.69. The Hall–Kier alpha value is 0.314. The van der Waals surface area contributed by atoms with Crippen molar-refractivity contribution in [1.29, 1.82) is 0 Å². The van der Waals surface area contributed by atoms with Crippen molar-refractivity contribution in [3.05, 3.63) is 0 Å². The Morgan fingerprint density at radius 1 is 1.83 bits per heavy atom. The number of hydrogen-bond acceptors (Lipinski definition) is 3. The summed E-state index contributed by atoms with van der Waals surface area (Å²) in [4.78, 5) is 8.40. The highest BCUT2D eigenvalue weighted by Gasteiger charge is 1.98. The molecule has 1 atom stereocenters. The summed E-state index contributed by atoms with van der Waals surface area (Å²) in [6.07, 6.45) is 0. The van der Waals surface area contributed by atoms with E-state index in [-0.39, 0.29) is 0 Å². The van der Waals surface area contributed by atoms with Crippen LogP contribution in [0.2, 0.25) is 0 Å². The molecule has 5 heteroatoms. The van der Waals surface area contributed by atoms with E-state index in [0.717, 1.165) is 0 Å². The van der Waals surface area contributed by atoms with Crippen LogP contribution in [-0.2, 0) is 8.54 Å². The van der Waals surface area contributed by atoms with Gasteiger partial charge in [-0.25, -0.2) is 0 Å². The lowest BCUT2D eigenvalue weighted by molar-refractivity contribution is 0.246. The molecular weight excluding hydrogens is 116 g/mol. The maximum absolute atomic E-state index is 8.40. The van der Waals surface area contributed by atoms with Gasteiger partial charge in [0, 0.05) is 7.11 Å². The minimum Gasteiger partial charge on any atom is -0.427 e. The zero-order valence-corrected chi connectivity index (χ0v) is 7.00. The molecule has 0 radical (unpaired) electrons. The van der Waals surface area contributed by atoms with Gasteiger partial charge < -0.3 is 13.3 Å². The minimum absolute atomic E-state index is 0.569. The van der Waals surface area contributed by atoms with Crippen LogP contribution in [0, 0.1) is 0 Å². The lowest BCUT2D eigenvalue weighted by Gasteiger charge is -1.98. The van der Waals surface area contributed by atoms with Gasteiger partial charge in [-0.3, -0.25) is 0 Å². The Labute approximate surface area is 41.4 Å². The molecular formula is CH8O3Si2. The van der Waals surface area contributed by atoms with Crippen LogP contribution in [0.4, 0.5) is 0 Å². The molecule has 0 aromatic carbocycles. The zero-order chi connectivity index (χ0) is 4.99. The van der Waals surface area contributed by atoms with E-state index in [1.807, 2.05) is 0 Å². The quantitative estimate of drug-likeness (QED) is 0.419. The second-order valence-corrected chi connectivity index (χ2v) is 3.75. The molecule has 0 amide bonds. The Morgan fingerprint density at radius 3 is 2.33 bits per heavy atom. The molecule has 0 aromatic rings. The van der Waals surface area contributed by atoms with Gasteiger partial charge in [-0.2, -0.15) is 0 Å². The predicted octanol–water partition coefficient (Wildman–Crippen LogP) is -2.36. The monoisotopic (exact) mass is 124 g/mol. The number of hydrogen-bond donors (Lipinski definition) is 1. The third kappa shape index (κ3) is 2.55. The highest BCUT2D eigenvalue weighted by atomic mass is 28.4. The predicted molar refractivity (Wildman–Crippen MR) is 27.4 cm³/mol. The fraction of sp³-hybridized carbons (Fsp3) is 1.00. The molecule has 0 aliphatic heterocycles. The molecule has 0 aliphatic carbocycles. The first-order valence-electron chi connectivity index (χ1n) is 1.55. The molecule has 0 bridgehead atoms. The van der Waals surface area contributed by atoms with Crippen LogP contribution in [0.5, 0.6) is 0 Å². The summed E-state index contributed by atoms with van der Waals surface area (Å²) in [6, 6.07) is 0. The van der Waals surface area contributed by atoms with Gasteiger partial charge >= 0.3 is 9.53 Å². The summed E-state index contributed by atoms with van der Waals surface area (Å²) < 4.78 is 8.92. The smallest absolute Gasteiger partial charge is 0.427 e. The fourth-order valence-corrected chi connectivity index (χ4v) is 0.866. The van der Waals surface area contributed by atoms with E-state index in [1.54, 1.807) is 0 Å². The molecule has 0 saturated carbocycles. The average Bonchev–Trinajstić information content (AvgIpc) is 1.65. The SMILES string of the molecule is CO[SiH](O)O[SiH3]. The van der Waals surface area contributed by atoms with Gasteiger partial charge in [0.1, 0.15) is 10.5 Å². The van der Waals surface area contributed by atoms with E-state index in [2.05, 4.69) is 8.54 Å². The van der Waals surface area contributed by atoms with Gasteiger partial charge in [0.15, 0.2) is 0 Å². The van der Waals surface area contributed by atoms with E-state index in [1.165, 1.54) is 7.11 Å². The van der Waals surface area contributed by atoms with Gasteiger partial charge in [0.2, 0.25) is 0 Å². The first-order valence-corrected chi connectivity index (χ1v) is 3.82. The van der Waals surface area contributed by atoms with Gasteiger partial charge in [0.05, 0.1) is 0 Å². The molecule has 3 nitrogen and oxygen atoms in total. The third-order valence-electron chi connectivity index (χ3n) is 0.403. The molecule has 0 heterocycles. The van der Waals surface area contributed by atoms with E-state index in [4.69, 9.17) is 4.80 Å². The summed E-state index contributed by atoms with van der Waals surface area (Å²) in [5, 5.41) is 0. The van der Waals surface area contributed by atoms with E-state index < -0.39 is 9.53 Å². The highest BCUT2D eigenvalue weighted by molar-refractivity contribution is 6.40. The molecule has 0 saturated heterocycles. The zero-order valence-electron chi connectivity index (χ0n) is 3.84. The van der Waals surface area contributed by atoms with Crippen LogP contribution in [0.3, 0.4) is 0 Å². The molecule has 38 valence electrons. The summed E-state index contributed by atoms with van der Waals surface area (Å²) in [5.74, 6) is 0. The second-order valence-electron chi connectivity index (χ2n) is 0.778. The van der Waals surface area contributed by atoms with Crippen molar-refractivity contribution >= 4 is 20.0 Å². The molecule has 0 spiro atoms. The van der Waals surface area contributed by atoms with Gasteiger partial charge in [-0.1, -0.05) is 0 Å². The molecule has 0 aliphatic rings. The van der Waals surface area contributed by atoms with E-state index in [9.17, 15) is 0 Å². The molecule has 1 unspecified atom stereocenters. The van der Waals surface area contributed by atoms with Crippen molar-refractivity contribution in [3.63, 3.8) is 0 Å². The van der Waals surface area contributed by atoms with Crippen molar-refractivity contribution in [2.75, 3.05) is 7.11 Å². The average molecular weight is 124 g/mol. The normalized spacial score (nSPS) is 15.0. The van der Waals surface area contributed by atoms with E-state index in [0.29, 0.717) is 10.5 Å². The summed E-state index contributed by atoms with van der Waals surface area (Å²) in [6.45, 7) is 0. The van der Waals surface area contributed by atoms with Gasteiger partial charge in [-0.15, -0.1) is 0 Å². The highest BCUT2D eigenvalue weighted by Crippen LogP contribution is 1.70. The van der Waals surface area contributed by atoms with Crippen LogP contribution in [0.25, 0.3) is 0 Å². The standard InChI is InChI=1S/CH8O3Si2/c1-3-6(2)4-5/h2,6H,1,5H3. The van der Waals surface area contributed by atoms with Crippen LogP contribution >= 0.6 is 0 Å². The van der Waals surface area contributed by atoms with E-state index >= 15 is 0 Å². The van der Waals surface area contributed by atoms with Crippen molar-refractivity contribution in [2.24, 2.45) is 0 Å². The van der Waals surface area contributed by atoms with Crippen LogP contribution in [0.1, 0.15) is 0 Å². The molecule has 0 rings (SSSR count). The van der Waals surface area contributed by atoms with Crippen LogP contribution in [-0.4, -0.2) is 31.9 Å². The van der Waals surface area contributed by atoms with Crippen molar-refractivity contribution in [1.82, 2.24) is 0 Å². The lowest BCUT2D eigenvalue weighted by atomic mass is 11.8. The topological polar surface area (TPSA) is 38.7 Å². The first kappa shape index (κ1) is 6.31. The number of rotatable bonds is 2. The second kappa shape index (κ2) is 3.50. The fourth-order valence-electron chi connectivity index (χ4n) is 0.0962. The molecule has 0 aromatic heterocycles. The molecule has 6 heavy (non-hydrogen) atoms.